The molecule has 102 valence electrons. The summed E-state index contributed by atoms with van der Waals surface area (Å²) in [5.41, 5.74) is 0.945. The van der Waals surface area contributed by atoms with Gasteiger partial charge in [-0.15, -0.1) is 11.8 Å². The van der Waals surface area contributed by atoms with Crippen molar-refractivity contribution in [3.63, 3.8) is 0 Å². The van der Waals surface area contributed by atoms with Crippen LogP contribution < -0.4 is 10.5 Å². The quantitative estimate of drug-likeness (QED) is 0.827. The third kappa shape index (κ3) is 3.76. The number of nitrogens with one attached hydrogen (secondary N) is 1. The van der Waals surface area contributed by atoms with Crippen molar-refractivity contribution in [2.24, 2.45) is 5.14 Å². The number of rotatable bonds is 5. The van der Waals surface area contributed by atoms with E-state index in [-0.39, 0.29) is 5.09 Å². The van der Waals surface area contributed by atoms with Gasteiger partial charge in [-0.25, -0.2) is 13.6 Å². The van der Waals surface area contributed by atoms with Crippen molar-refractivity contribution in [1.29, 1.82) is 0 Å². The molecule has 1 heterocycles. The fraction of sp³-hybridized carbons (Fsp3) is 0.167. The molecule has 1 aromatic heterocycles. The minimum Gasteiger partial charge on any atom is -0.446 e. The number of hydrogen-bond acceptors (Lipinski definition) is 5. The third-order valence-electron chi connectivity index (χ3n) is 2.45. The molecule has 0 fully saturated rings. The molecule has 2 rings (SSSR count). The van der Waals surface area contributed by atoms with E-state index in [0.717, 1.165) is 10.6 Å². The summed E-state index contributed by atoms with van der Waals surface area (Å²) in [4.78, 5) is 1.15. The van der Waals surface area contributed by atoms with Crippen LogP contribution in [0.4, 0.5) is 5.69 Å². The van der Waals surface area contributed by atoms with Gasteiger partial charge in [0.25, 0.3) is 10.0 Å². The van der Waals surface area contributed by atoms with Gasteiger partial charge < -0.3 is 9.73 Å². The van der Waals surface area contributed by atoms with Gasteiger partial charge in [-0.1, -0.05) is 6.07 Å². The maximum absolute atomic E-state index is 11.1. The fourth-order valence-corrected chi connectivity index (χ4v) is 2.47. The summed E-state index contributed by atoms with van der Waals surface area (Å²) in [6.45, 7) is 0.396. The van der Waals surface area contributed by atoms with Crippen LogP contribution in [0.3, 0.4) is 0 Å². The molecular weight excluding hydrogens is 284 g/mol. The number of primary sulfonamides is 1. The Hall–Kier alpha value is -1.44. The van der Waals surface area contributed by atoms with Crippen molar-refractivity contribution in [3.8, 4) is 0 Å². The van der Waals surface area contributed by atoms with Crippen molar-refractivity contribution in [3.05, 3.63) is 42.2 Å². The average molecular weight is 298 g/mol. The molecule has 19 heavy (non-hydrogen) atoms. The Morgan fingerprint density at radius 3 is 2.74 bits per heavy atom. The van der Waals surface area contributed by atoms with Crippen LogP contribution in [0.25, 0.3) is 0 Å². The first kappa shape index (κ1) is 14.0. The van der Waals surface area contributed by atoms with Gasteiger partial charge in [0.1, 0.15) is 5.76 Å². The number of sulfonamides is 1. The summed E-state index contributed by atoms with van der Waals surface area (Å²) >= 11 is 1.65. The summed E-state index contributed by atoms with van der Waals surface area (Å²) in [7, 11) is -3.77. The molecule has 0 amide bonds. The second-order valence-corrected chi connectivity index (χ2v) is 6.22. The van der Waals surface area contributed by atoms with Crippen molar-refractivity contribution < 1.29 is 12.8 Å². The molecule has 0 aliphatic carbocycles. The lowest BCUT2D eigenvalue weighted by molar-refractivity contribution is 0.419. The molecule has 0 spiro atoms. The second kappa shape index (κ2) is 5.68. The van der Waals surface area contributed by atoms with E-state index in [2.05, 4.69) is 5.32 Å². The van der Waals surface area contributed by atoms with E-state index in [1.165, 1.54) is 6.07 Å². The summed E-state index contributed by atoms with van der Waals surface area (Å²) in [5, 5.41) is 7.91. The number of hydrogen-bond donors (Lipinski definition) is 2. The molecule has 7 heteroatoms. The maximum atomic E-state index is 11.1. The van der Waals surface area contributed by atoms with Crippen molar-refractivity contribution in [2.45, 2.75) is 16.5 Å². The predicted molar refractivity (Wildman–Crippen MR) is 75.6 cm³/mol. The molecule has 0 atom stereocenters. The highest BCUT2D eigenvalue weighted by molar-refractivity contribution is 7.98. The Morgan fingerprint density at radius 2 is 2.11 bits per heavy atom. The number of thioether (sulfide) groups is 1. The van der Waals surface area contributed by atoms with Crippen molar-refractivity contribution >= 4 is 27.5 Å². The molecule has 0 unspecified atom stereocenters. The van der Waals surface area contributed by atoms with E-state index in [1.54, 1.807) is 17.8 Å². The highest BCUT2D eigenvalue weighted by Crippen LogP contribution is 2.20. The van der Waals surface area contributed by atoms with Gasteiger partial charge in [0.15, 0.2) is 0 Å². The van der Waals surface area contributed by atoms with E-state index in [9.17, 15) is 8.42 Å². The topological polar surface area (TPSA) is 85.3 Å². The van der Waals surface area contributed by atoms with Crippen LogP contribution >= 0.6 is 11.8 Å². The van der Waals surface area contributed by atoms with Crippen LogP contribution in [0.5, 0.6) is 0 Å². The molecule has 2 aromatic rings. The van der Waals surface area contributed by atoms with Gasteiger partial charge in [0, 0.05) is 10.6 Å². The summed E-state index contributed by atoms with van der Waals surface area (Å²) < 4.78 is 27.3. The number of anilines is 1. The number of benzene rings is 1. The first-order valence-electron chi connectivity index (χ1n) is 5.48. The van der Waals surface area contributed by atoms with Gasteiger partial charge >= 0.3 is 0 Å². The lowest BCUT2D eigenvalue weighted by Crippen LogP contribution is -2.10. The normalized spacial score (nSPS) is 11.5. The summed E-state index contributed by atoms with van der Waals surface area (Å²) in [6.07, 6.45) is 2.00. The Bertz CT molecular complexity index is 665. The zero-order valence-corrected chi connectivity index (χ0v) is 11.9. The zero-order chi connectivity index (χ0) is 13.9. The highest BCUT2D eigenvalue weighted by Gasteiger charge is 2.12. The van der Waals surface area contributed by atoms with Crippen LogP contribution in [-0.2, 0) is 16.6 Å². The van der Waals surface area contributed by atoms with E-state index >= 15 is 0 Å². The Kier molecular flexibility index (Phi) is 4.18. The Labute approximate surface area is 116 Å². The highest BCUT2D eigenvalue weighted by atomic mass is 32.2. The molecule has 0 bridgehead atoms. The van der Waals surface area contributed by atoms with Gasteiger partial charge in [-0.05, 0) is 36.6 Å². The van der Waals surface area contributed by atoms with E-state index in [4.69, 9.17) is 9.56 Å². The molecule has 3 N–H and O–H groups in total. The van der Waals surface area contributed by atoms with Gasteiger partial charge in [0.2, 0.25) is 5.09 Å². The Balaban J connectivity index is 2.04. The lowest BCUT2D eigenvalue weighted by Gasteiger charge is -2.05. The molecule has 0 radical (unpaired) electrons. The summed E-state index contributed by atoms with van der Waals surface area (Å²) in [6, 6.07) is 10.8. The van der Waals surface area contributed by atoms with E-state index < -0.39 is 10.0 Å². The minimum atomic E-state index is -3.77. The van der Waals surface area contributed by atoms with Crippen LogP contribution in [0.2, 0.25) is 0 Å². The Morgan fingerprint density at radius 1 is 1.32 bits per heavy atom. The van der Waals surface area contributed by atoms with E-state index in [0.29, 0.717) is 12.3 Å². The van der Waals surface area contributed by atoms with Gasteiger partial charge in [-0.2, -0.15) is 0 Å². The van der Waals surface area contributed by atoms with Crippen LogP contribution in [-0.4, -0.2) is 14.7 Å². The molecule has 0 saturated carbocycles. The van der Waals surface area contributed by atoms with Crippen LogP contribution in [0.1, 0.15) is 5.76 Å². The zero-order valence-electron chi connectivity index (χ0n) is 10.3. The molecule has 5 nitrogen and oxygen atoms in total. The average Bonchev–Trinajstić information content (AvgIpc) is 2.85. The SMILES string of the molecule is CSc1cccc(NCc2ccc(S(N)(=O)=O)o2)c1. The standard InChI is InChI=1S/C12H14N2O3S2/c1-18-11-4-2-3-9(7-11)14-8-10-5-6-12(17-10)19(13,15)16/h2-7,14H,8H2,1H3,(H2,13,15,16). The van der Waals surface area contributed by atoms with Crippen molar-refractivity contribution in [2.75, 3.05) is 11.6 Å². The van der Waals surface area contributed by atoms with E-state index in [1.807, 2.05) is 30.5 Å². The number of nitrogens with two attached hydrogens (primary N) is 1. The molecule has 1 aromatic carbocycles. The largest absolute Gasteiger partial charge is 0.446 e. The molecule has 0 aliphatic rings. The van der Waals surface area contributed by atoms with Crippen molar-refractivity contribution in [1.82, 2.24) is 0 Å². The smallest absolute Gasteiger partial charge is 0.271 e. The van der Waals surface area contributed by atoms with Crippen LogP contribution in [0, 0.1) is 0 Å². The number of furan rings is 1. The fourth-order valence-electron chi connectivity index (χ4n) is 1.53. The molecule has 0 aliphatic heterocycles. The maximum Gasteiger partial charge on any atom is 0.271 e. The predicted octanol–water partition coefficient (Wildman–Crippen LogP) is 2.26. The lowest BCUT2D eigenvalue weighted by atomic mass is 10.3. The van der Waals surface area contributed by atoms with Crippen LogP contribution in [0.15, 0.2) is 50.8 Å². The monoisotopic (exact) mass is 298 g/mol. The first-order valence-corrected chi connectivity index (χ1v) is 8.25. The molecule has 0 saturated heterocycles. The summed E-state index contributed by atoms with van der Waals surface area (Å²) in [5.74, 6) is 0.513. The van der Waals surface area contributed by atoms with Gasteiger partial charge in [-0.3, -0.25) is 0 Å². The third-order valence-corrected chi connectivity index (χ3v) is 3.96. The second-order valence-electron chi connectivity index (χ2n) is 3.85. The first-order chi connectivity index (χ1) is 8.99. The van der Waals surface area contributed by atoms with Gasteiger partial charge in [0.05, 0.1) is 6.54 Å². The minimum absolute atomic E-state index is 0.220. The molecular formula is C12H14N2O3S2.